The first-order chi connectivity index (χ1) is 21.1. The monoisotopic (exact) mass is 638 g/mol. The lowest BCUT2D eigenvalue weighted by atomic mass is 10.0. The second kappa shape index (κ2) is 12.9. The highest BCUT2D eigenvalue weighted by molar-refractivity contribution is 7.91. The summed E-state index contributed by atoms with van der Waals surface area (Å²) in [5.74, 6) is -1.48. The number of allylic oxidation sites excluding steroid dienone is 2. The van der Waals surface area contributed by atoms with Gasteiger partial charge < -0.3 is 14.7 Å². The van der Waals surface area contributed by atoms with Crippen LogP contribution in [0.3, 0.4) is 0 Å². The number of halogens is 1. The van der Waals surface area contributed by atoms with Gasteiger partial charge in [0.1, 0.15) is 5.82 Å². The standard InChI is InChI=1S/C31H27FN2O8S2/c1-20-26(17-21-9-12-23(13-10-21)43(2)37)25-14-11-22(32)18-28(25)27(20)19-29(35)40-15-6-16-41-30-31(34(36)42-33-30)44(38,39)24-7-4-3-5-8-24/h3-5,7-14,17-18H,6,15-16,19H2,1-2H3/b26-17-. The summed E-state index contributed by atoms with van der Waals surface area (Å²) >= 11 is 0. The number of aromatic nitrogens is 2. The Kier molecular flexibility index (Phi) is 9.06. The average Bonchev–Trinajstić information content (AvgIpc) is 3.50. The molecule has 0 saturated heterocycles. The molecule has 0 N–H and O–H groups in total. The van der Waals surface area contributed by atoms with Gasteiger partial charge in [-0.25, -0.2) is 12.8 Å². The number of ether oxygens (including phenoxy) is 2. The Labute approximate surface area is 255 Å². The number of hydrogen-bond donors (Lipinski definition) is 0. The van der Waals surface area contributed by atoms with E-state index in [9.17, 15) is 27.0 Å². The highest BCUT2D eigenvalue weighted by atomic mass is 32.2. The SMILES string of the molecule is CC1=C(CC(=O)OCCCOc2no[n+]([O-])c2S(=O)(=O)c2ccccc2)c2cc(F)ccc2/C1=C\c1ccc(S(C)=O)cc1. The fourth-order valence-corrected chi connectivity index (χ4v) is 6.57. The molecule has 5 rings (SSSR count). The normalized spacial score (nSPS) is 14.5. The van der Waals surface area contributed by atoms with Crippen molar-refractivity contribution >= 4 is 43.8 Å². The average molecular weight is 639 g/mol. The number of carbonyl (C=O) groups excluding carboxylic acids is 1. The molecule has 1 aromatic heterocycles. The Morgan fingerprint density at radius 3 is 2.50 bits per heavy atom. The molecule has 1 aliphatic rings. The van der Waals surface area contributed by atoms with E-state index in [1.54, 1.807) is 30.5 Å². The summed E-state index contributed by atoms with van der Waals surface area (Å²) in [4.78, 5) is 13.1. The smallest absolute Gasteiger partial charge is 0.414 e. The van der Waals surface area contributed by atoms with E-state index >= 15 is 0 Å². The molecule has 1 heterocycles. The summed E-state index contributed by atoms with van der Waals surface area (Å²) in [5.41, 5.74) is 4.53. The minimum Gasteiger partial charge on any atom is -0.465 e. The van der Waals surface area contributed by atoms with Crippen molar-refractivity contribution in [3.05, 3.63) is 106 Å². The van der Waals surface area contributed by atoms with Crippen LogP contribution in [0, 0.1) is 11.0 Å². The first-order valence-electron chi connectivity index (χ1n) is 13.4. The topological polar surface area (TPSA) is 140 Å². The number of rotatable bonds is 11. The molecule has 10 nitrogen and oxygen atoms in total. The second-order valence-corrected chi connectivity index (χ2v) is 13.1. The number of nitrogens with zero attached hydrogens (tertiary/aromatic N) is 2. The lowest BCUT2D eigenvalue weighted by Crippen LogP contribution is -2.31. The van der Waals surface area contributed by atoms with Gasteiger partial charge in [-0.15, -0.1) is 0 Å². The van der Waals surface area contributed by atoms with Crippen molar-refractivity contribution in [2.45, 2.75) is 34.6 Å². The minimum atomic E-state index is -4.25. The van der Waals surface area contributed by atoms with Gasteiger partial charge in [-0.3, -0.25) is 13.6 Å². The van der Waals surface area contributed by atoms with Crippen LogP contribution >= 0.6 is 0 Å². The van der Waals surface area contributed by atoms with E-state index in [0.717, 1.165) is 22.3 Å². The van der Waals surface area contributed by atoms with Gasteiger partial charge in [0.25, 0.3) is 9.84 Å². The largest absolute Gasteiger partial charge is 0.465 e. The Bertz CT molecular complexity index is 1900. The molecule has 4 aromatic rings. The van der Waals surface area contributed by atoms with Crippen LogP contribution in [-0.4, -0.2) is 43.2 Å². The Morgan fingerprint density at radius 2 is 1.80 bits per heavy atom. The van der Waals surface area contributed by atoms with Crippen molar-refractivity contribution in [2.75, 3.05) is 19.5 Å². The molecule has 44 heavy (non-hydrogen) atoms. The van der Waals surface area contributed by atoms with Gasteiger partial charge in [0.2, 0.25) is 0 Å². The van der Waals surface area contributed by atoms with Crippen LogP contribution in [0.5, 0.6) is 5.88 Å². The van der Waals surface area contributed by atoms with Gasteiger partial charge in [0, 0.05) is 28.4 Å². The highest BCUT2D eigenvalue weighted by Crippen LogP contribution is 2.44. The molecule has 0 saturated carbocycles. The van der Waals surface area contributed by atoms with E-state index in [-0.39, 0.29) is 35.9 Å². The van der Waals surface area contributed by atoms with Gasteiger partial charge in [-0.2, -0.15) is 0 Å². The quantitative estimate of drug-likeness (QED) is 0.129. The van der Waals surface area contributed by atoms with E-state index in [2.05, 4.69) is 9.79 Å². The van der Waals surface area contributed by atoms with E-state index in [0.29, 0.717) is 16.0 Å². The number of benzene rings is 3. The van der Waals surface area contributed by atoms with Gasteiger partial charge in [0.15, 0.2) is 0 Å². The van der Waals surface area contributed by atoms with E-state index in [4.69, 9.17) is 9.47 Å². The number of fused-ring (bicyclic) bond motifs is 1. The molecule has 0 bridgehead atoms. The Hall–Kier alpha value is -4.62. The minimum absolute atomic E-state index is 0.0645. The molecule has 0 aliphatic heterocycles. The molecule has 3 aromatic carbocycles. The molecule has 1 unspecified atom stereocenters. The molecular formula is C31H27FN2O8S2. The molecule has 1 aliphatic carbocycles. The van der Waals surface area contributed by atoms with Crippen LogP contribution < -0.4 is 9.64 Å². The van der Waals surface area contributed by atoms with Crippen LogP contribution in [0.2, 0.25) is 0 Å². The fraction of sp³-hybridized carbons (Fsp3) is 0.194. The van der Waals surface area contributed by atoms with Crippen LogP contribution in [0.25, 0.3) is 17.2 Å². The van der Waals surface area contributed by atoms with E-state index in [1.165, 1.54) is 36.4 Å². The van der Waals surface area contributed by atoms with Crippen molar-refractivity contribution in [2.24, 2.45) is 0 Å². The van der Waals surface area contributed by atoms with Crippen LogP contribution in [0.15, 0.2) is 97.8 Å². The van der Waals surface area contributed by atoms with Gasteiger partial charge in [-0.05, 0) is 87.7 Å². The number of sulfone groups is 1. The zero-order chi connectivity index (χ0) is 31.4. The summed E-state index contributed by atoms with van der Waals surface area (Å²) in [6, 6.07) is 19.0. The van der Waals surface area contributed by atoms with Crippen molar-refractivity contribution in [3.8, 4) is 5.88 Å². The van der Waals surface area contributed by atoms with Crippen molar-refractivity contribution in [1.29, 1.82) is 0 Å². The van der Waals surface area contributed by atoms with Gasteiger partial charge in [0.05, 0.1) is 29.7 Å². The molecule has 0 spiro atoms. The van der Waals surface area contributed by atoms with Gasteiger partial charge >= 0.3 is 16.9 Å². The summed E-state index contributed by atoms with van der Waals surface area (Å²) in [6.07, 6.45) is 3.60. The third-order valence-corrected chi connectivity index (χ3v) is 9.60. The maximum Gasteiger partial charge on any atom is 0.414 e. The molecule has 0 fully saturated rings. The summed E-state index contributed by atoms with van der Waals surface area (Å²) < 4.78 is 66.9. The van der Waals surface area contributed by atoms with Gasteiger partial charge in [-0.1, -0.05) is 36.4 Å². The number of carbonyl (C=O) groups is 1. The molecular weight excluding hydrogens is 611 g/mol. The predicted molar refractivity (Wildman–Crippen MR) is 159 cm³/mol. The van der Waals surface area contributed by atoms with E-state index < -0.39 is 43.3 Å². The first kappa shape index (κ1) is 30.8. The van der Waals surface area contributed by atoms with Crippen molar-refractivity contribution in [3.63, 3.8) is 0 Å². The van der Waals surface area contributed by atoms with Crippen LogP contribution in [0.1, 0.15) is 36.5 Å². The van der Waals surface area contributed by atoms with Crippen LogP contribution in [0.4, 0.5) is 4.39 Å². The van der Waals surface area contributed by atoms with Crippen molar-refractivity contribution < 1.29 is 40.8 Å². The summed E-state index contributed by atoms with van der Waals surface area (Å²) in [5, 5.41) is 14.6. The lowest BCUT2D eigenvalue weighted by molar-refractivity contribution is -0.832. The zero-order valence-electron chi connectivity index (χ0n) is 23.7. The summed E-state index contributed by atoms with van der Waals surface area (Å²) in [6.45, 7) is 1.67. The number of hydrogen-bond acceptors (Lipinski definition) is 9. The number of esters is 1. The molecule has 228 valence electrons. The third kappa shape index (κ3) is 6.48. The maximum atomic E-state index is 14.2. The molecule has 0 radical (unpaired) electrons. The maximum absolute atomic E-state index is 14.2. The van der Waals surface area contributed by atoms with E-state index in [1.807, 2.05) is 25.1 Å². The van der Waals surface area contributed by atoms with Crippen LogP contribution in [-0.2, 0) is 30.2 Å². The highest BCUT2D eigenvalue weighted by Gasteiger charge is 2.35. The molecule has 0 amide bonds. The first-order valence-corrected chi connectivity index (χ1v) is 16.4. The zero-order valence-corrected chi connectivity index (χ0v) is 25.3. The predicted octanol–water partition coefficient (Wildman–Crippen LogP) is 4.75. The van der Waals surface area contributed by atoms with Crippen molar-refractivity contribution in [1.82, 2.24) is 5.16 Å². The molecule has 1 atom stereocenters. The third-order valence-electron chi connectivity index (χ3n) is 6.94. The Balaban J connectivity index is 1.22. The Morgan fingerprint density at radius 1 is 1.07 bits per heavy atom. The second-order valence-electron chi connectivity index (χ2n) is 9.83. The fourth-order valence-electron chi connectivity index (χ4n) is 4.75. The lowest BCUT2D eigenvalue weighted by Gasteiger charge is -2.08. The summed E-state index contributed by atoms with van der Waals surface area (Å²) in [7, 11) is -5.36. The molecule has 13 heteroatoms.